The summed E-state index contributed by atoms with van der Waals surface area (Å²) in [6, 6.07) is 13.9. The molecule has 0 saturated heterocycles. The van der Waals surface area contributed by atoms with Crippen molar-refractivity contribution in [1.29, 1.82) is 0 Å². The number of amides is 1. The van der Waals surface area contributed by atoms with Gasteiger partial charge < -0.3 is 10.6 Å². The van der Waals surface area contributed by atoms with Gasteiger partial charge in [-0.2, -0.15) is 0 Å². The van der Waals surface area contributed by atoms with E-state index in [4.69, 9.17) is 0 Å². The Kier molecular flexibility index (Phi) is 5.99. The average molecular weight is 381 g/mol. The number of nitrogens with one attached hydrogen (secondary N) is 2. The molecule has 0 radical (unpaired) electrons. The van der Waals surface area contributed by atoms with Crippen LogP contribution < -0.4 is 10.6 Å². The summed E-state index contributed by atoms with van der Waals surface area (Å²) in [7, 11) is 0. The highest BCUT2D eigenvalue weighted by Crippen LogP contribution is 2.24. The van der Waals surface area contributed by atoms with E-state index in [1.165, 1.54) is 30.5 Å². The number of carbonyl (C=O) groups excluding carboxylic acids is 1. The average Bonchev–Trinajstić information content (AvgIpc) is 2.67. The van der Waals surface area contributed by atoms with Crippen molar-refractivity contribution in [3.8, 4) is 0 Å². The van der Waals surface area contributed by atoms with Crippen LogP contribution >= 0.6 is 0 Å². The van der Waals surface area contributed by atoms with E-state index in [0.29, 0.717) is 23.6 Å². The van der Waals surface area contributed by atoms with Crippen LogP contribution in [0.1, 0.15) is 41.3 Å². The van der Waals surface area contributed by atoms with E-state index in [1.807, 2.05) is 13.8 Å². The van der Waals surface area contributed by atoms with Crippen LogP contribution in [-0.2, 0) is 6.54 Å². The predicted octanol–water partition coefficient (Wildman–Crippen LogP) is 5.16. The zero-order valence-corrected chi connectivity index (χ0v) is 15.7. The lowest BCUT2D eigenvalue weighted by Gasteiger charge is -2.15. The number of aromatic nitrogens is 1. The Balaban J connectivity index is 1.76. The number of benzene rings is 2. The van der Waals surface area contributed by atoms with Gasteiger partial charge in [-0.25, -0.2) is 13.8 Å². The molecule has 4 nitrogen and oxygen atoms in total. The van der Waals surface area contributed by atoms with Gasteiger partial charge in [-0.3, -0.25) is 4.79 Å². The second-order valence-corrected chi connectivity index (χ2v) is 6.76. The molecule has 1 heterocycles. The van der Waals surface area contributed by atoms with Crippen molar-refractivity contribution in [2.45, 2.75) is 26.3 Å². The summed E-state index contributed by atoms with van der Waals surface area (Å²) in [5.41, 5.74) is 2.68. The third-order valence-corrected chi connectivity index (χ3v) is 4.27. The lowest BCUT2D eigenvalue weighted by Crippen LogP contribution is -2.24. The molecule has 0 aliphatic carbocycles. The van der Waals surface area contributed by atoms with Gasteiger partial charge in [0.05, 0.1) is 5.56 Å². The fourth-order valence-electron chi connectivity index (χ4n) is 2.80. The largest absolute Gasteiger partial charge is 0.348 e. The highest BCUT2D eigenvalue weighted by Gasteiger charge is 2.16. The Hall–Kier alpha value is -3.28. The Morgan fingerprint density at radius 3 is 2.46 bits per heavy atom. The number of nitrogens with zero attached hydrogens (tertiary/aromatic N) is 1. The van der Waals surface area contributed by atoms with Crippen LogP contribution in [0.15, 0.2) is 60.8 Å². The van der Waals surface area contributed by atoms with Crippen molar-refractivity contribution in [3.05, 3.63) is 89.1 Å². The van der Waals surface area contributed by atoms with Crippen molar-refractivity contribution in [2.75, 3.05) is 5.32 Å². The number of halogens is 2. The molecule has 0 unspecified atom stereocenters. The number of pyridine rings is 1. The van der Waals surface area contributed by atoms with Crippen LogP contribution in [0, 0.1) is 11.6 Å². The lowest BCUT2D eigenvalue weighted by molar-refractivity contribution is 0.0949. The van der Waals surface area contributed by atoms with Crippen LogP contribution in [0.2, 0.25) is 0 Å². The van der Waals surface area contributed by atoms with E-state index in [0.717, 1.165) is 11.1 Å². The van der Waals surface area contributed by atoms with Gasteiger partial charge in [-0.15, -0.1) is 0 Å². The monoisotopic (exact) mass is 381 g/mol. The highest BCUT2D eigenvalue weighted by atomic mass is 19.1. The summed E-state index contributed by atoms with van der Waals surface area (Å²) in [5, 5.41) is 5.89. The third kappa shape index (κ3) is 4.91. The quantitative estimate of drug-likeness (QED) is 0.620. The first kappa shape index (κ1) is 19.5. The number of hydrogen-bond donors (Lipinski definition) is 2. The normalized spacial score (nSPS) is 10.8. The maximum absolute atomic E-state index is 13.4. The minimum absolute atomic E-state index is 0.0858. The van der Waals surface area contributed by atoms with E-state index in [1.54, 1.807) is 30.3 Å². The molecule has 0 spiro atoms. The van der Waals surface area contributed by atoms with E-state index in [-0.39, 0.29) is 23.5 Å². The van der Waals surface area contributed by atoms with Gasteiger partial charge >= 0.3 is 0 Å². The van der Waals surface area contributed by atoms with Crippen molar-refractivity contribution >= 4 is 17.4 Å². The molecule has 3 aromatic rings. The summed E-state index contributed by atoms with van der Waals surface area (Å²) in [4.78, 5) is 16.9. The van der Waals surface area contributed by atoms with Crippen molar-refractivity contribution in [2.24, 2.45) is 0 Å². The number of hydrogen-bond acceptors (Lipinski definition) is 3. The molecular weight excluding hydrogens is 360 g/mol. The van der Waals surface area contributed by atoms with Gasteiger partial charge in [0.1, 0.15) is 17.5 Å². The molecule has 2 N–H and O–H groups in total. The Morgan fingerprint density at radius 1 is 1.04 bits per heavy atom. The molecule has 1 amide bonds. The summed E-state index contributed by atoms with van der Waals surface area (Å²) in [6.07, 6.45) is 1.51. The van der Waals surface area contributed by atoms with Gasteiger partial charge in [-0.1, -0.05) is 32.0 Å². The number of rotatable bonds is 6. The third-order valence-electron chi connectivity index (χ3n) is 4.27. The minimum Gasteiger partial charge on any atom is -0.348 e. The van der Waals surface area contributed by atoms with Crippen molar-refractivity contribution in [3.63, 3.8) is 0 Å². The highest BCUT2D eigenvalue weighted by molar-refractivity contribution is 5.95. The lowest BCUT2D eigenvalue weighted by atomic mass is 9.98. The van der Waals surface area contributed by atoms with Gasteiger partial charge in [0.15, 0.2) is 0 Å². The molecule has 0 aliphatic heterocycles. The van der Waals surface area contributed by atoms with Gasteiger partial charge in [0.25, 0.3) is 5.91 Å². The summed E-state index contributed by atoms with van der Waals surface area (Å²) >= 11 is 0. The summed E-state index contributed by atoms with van der Waals surface area (Å²) in [5.74, 6) is -0.293. The van der Waals surface area contributed by atoms with Crippen molar-refractivity contribution < 1.29 is 13.6 Å². The molecule has 0 aliphatic rings. The number of carbonyl (C=O) groups is 1. The van der Waals surface area contributed by atoms with Crippen LogP contribution in [0.5, 0.6) is 0 Å². The van der Waals surface area contributed by atoms with Crippen molar-refractivity contribution in [1.82, 2.24) is 10.3 Å². The number of anilines is 2. The molecule has 0 fully saturated rings. The van der Waals surface area contributed by atoms with Gasteiger partial charge in [0, 0.05) is 18.4 Å². The Labute approximate surface area is 162 Å². The van der Waals surface area contributed by atoms with Gasteiger partial charge in [-0.05, 0) is 53.4 Å². The molecule has 144 valence electrons. The summed E-state index contributed by atoms with van der Waals surface area (Å²) in [6.45, 7) is 4.26. The first-order valence-electron chi connectivity index (χ1n) is 8.97. The molecule has 1 aromatic heterocycles. The Morgan fingerprint density at radius 2 is 1.79 bits per heavy atom. The molecule has 3 rings (SSSR count). The SMILES string of the molecule is CC(C)c1cc(Nc2cccc(F)c2)ncc1C(=O)NCc1ccc(F)cc1. The zero-order chi connectivity index (χ0) is 20.1. The molecule has 2 aromatic carbocycles. The van der Waals surface area contributed by atoms with E-state index in [9.17, 15) is 13.6 Å². The first-order valence-corrected chi connectivity index (χ1v) is 8.97. The second-order valence-electron chi connectivity index (χ2n) is 6.76. The van der Waals surface area contributed by atoms with Gasteiger partial charge in [0.2, 0.25) is 0 Å². The molecule has 28 heavy (non-hydrogen) atoms. The minimum atomic E-state index is -0.342. The first-order chi connectivity index (χ1) is 13.4. The maximum Gasteiger partial charge on any atom is 0.253 e. The van der Waals surface area contributed by atoms with E-state index < -0.39 is 0 Å². The molecule has 0 saturated carbocycles. The van der Waals surface area contributed by atoms with E-state index in [2.05, 4.69) is 15.6 Å². The topological polar surface area (TPSA) is 54.0 Å². The molecule has 6 heteroatoms. The van der Waals surface area contributed by atoms with Crippen LogP contribution in [-0.4, -0.2) is 10.9 Å². The molecule has 0 atom stereocenters. The summed E-state index contributed by atoms with van der Waals surface area (Å²) < 4.78 is 26.3. The predicted molar refractivity (Wildman–Crippen MR) is 106 cm³/mol. The van der Waals surface area contributed by atoms with E-state index >= 15 is 0 Å². The molecular formula is C22H21F2N3O. The Bertz CT molecular complexity index is 972. The smallest absolute Gasteiger partial charge is 0.253 e. The van der Waals surface area contributed by atoms with Crippen LogP contribution in [0.25, 0.3) is 0 Å². The molecule has 0 bridgehead atoms. The van der Waals surface area contributed by atoms with Crippen LogP contribution in [0.4, 0.5) is 20.3 Å². The fraction of sp³-hybridized carbons (Fsp3) is 0.182. The fourth-order valence-corrected chi connectivity index (χ4v) is 2.80. The van der Waals surface area contributed by atoms with Crippen LogP contribution in [0.3, 0.4) is 0 Å². The second kappa shape index (κ2) is 8.61. The maximum atomic E-state index is 13.4. The zero-order valence-electron chi connectivity index (χ0n) is 15.7. The standard InChI is InChI=1S/C22H21F2N3O/c1-14(2)19-11-21(27-18-5-3-4-17(24)10-18)25-13-20(19)22(28)26-12-15-6-8-16(23)9-7-15/h3-11,13-14H,12H2,1-2H3,(H,25,27)(H,26,28).